The topological polar surface area (TPSA) is 56.3 Å². The molecule has 3 rings (SSSR count). The second kappa shape index (κ2) is 5.83. The van der Waals surface area contributed by atoms with Gasteiger partial charge in [0.25, 0.3) is 0 Å². The number of hydrogen-bond acceptors (Lipinski definition) is 4. The molecule has 2 aliphatic rings. The minimum atomic E-state index is -0.384. The third kappa shape index (κ3) is 2.90. The molecule has 0 bridgehead atoms. The summed E-state index contributed by atoms with van der Waals surface area (Å²) in [6.07, 6.45) is 3.26. The maximum absolute atomic E-state index is 12.9. The van der Waals surface area contributed by atoms with Gasteiger partial charge in [-0.25, -0.2) is 4.79 Å². The van der Waals surface area contributed by atoms with E-state index in [0.717, 1.165) is 36.1 Å². The molecule has 0 radical (unpaired) electrons. The molecule has 0 amide bonds. The fourth-order valence-electron chi connectivity index (χ4n) is 3.63. The normalized spacial score (nSPS) is 18.9. The van der Waals surface area contributed by atoms with Crippen LogP contribution in [0.15, 0.2) is 6.58 Å². The van der Waals surface area contributed by atoms with Crippen LogP contribution in [0.1, 0.15) is 90.5 Å². The van der Waals surface area contributed by atoms with Gasteiger partial charge in [0, 0.05) is 12.0 Å². The van der Waals surface area contributed by atoms with E-state index >= 15 is 0 Å². The number of ether oxygens (including phenoxy) is 1. The fraction of sp³-hybridized carbons (Fsp3) is 0.550. The molecule has 1 saturated carbocycles. The Morgan fingerprint density at radius 1 is 1.33 bits per heavy atom. The quantitative estimate of drug-likeness (QED) is 0.773. The third-order valence-electron chi connectivity index (χ3n) is 4.74. The molecule has 2 aliphatic carbocycles. The zero-order valence-electron chi connectivity index (χ0n) is 15.0. The van der Waals surface area contributed by atoms with Crippen molar-refractivity contribution < 1.29 is 14.3 Å². The molecule has 0 spiro atoms. The first-order chi connectivity index (χ1) is 11.2. The van der Waals surface area contributed by atoms with Crippen molar-refractivity contribution in [2.75, 3.05) is 6.61 Å². The van der Waals surface area contributed by atoms with Crippen molar-refractivity contribution in [1.82, 2.24) is 4.98 Å². The first kappa shape index (κ1) is 16.9. The Balaban J connectivity index is 2.29. The highest BCUT2D eigenvalue weighted by atomic mass is 16.5. The molecular weight excluding hydrogens is 302 g/mol. The van der Waals surface area contributed by atoms with Gasteiger partial charge >= 0.3 is 5.97 Å². The van der Waals surface area contributed by atoms with Crippen LogP contribution in [0.4, 0.5) is 0 Å². The zero-order valence-corrected chi connectivity index (χ0v) is 15.0. The SMILES string of the molecule is C=C(C)c1nc2c(c(C3CC3)c1C(=O)OCC)C(=O)CC(C)(C)C2. The number of esters is 1. The van der Waals surface area contributed by atoms with Gasteiger partial charge in [-0.2, -0.15) is 0 Å². The first-order valence-corrected chi connectivity index (χ1v) is 8.68. The second-order valence-electron chi connectivity index (χ2n) is 7.79. The van der Waals surface area contributed by atoms with E-state index in [9.17, 15) is 9.59 Å². The summed E-state index contributed by atoms with van der Waals surface area (Å²) >= 11 is 0. The van der Waals surface area contributed by atoms with E-state index in [-0.39, 0.29) is 23.1 Å². The Hall–Kier alpha value is -1.97. The van der Waals surface area contributed by atoms with Gasteiger partial charge in [-0.05, 0) is 55.6 Å². The highest BCUT2D eigenvalue weighted by Crippen LogP contribution is 2.48. The van der Waals surface area contributed by atoms with Gasteiger partial charge in [-0.3, -0.25) is 9.78 Å². The number of Topliss-reactive ketones (excluding diaryl/α,β-unsaturated/α-hetero) is 1. The molecule has 4 nitrogen and oxygen atoms in total. The minimum Gasteiger partial charge on any atom is -0.462 e. The van der Waals surface area contributed by atoms with Gasteiger partial charge in [0.05, 0.1) is 23.6 Å². The summed E-state index contributed by atoms with van der Waals surface area (Å²) in [7, 11) is 0. The molecule has 128 valence electrons. The van der Waals surface area contributed by atoms with Crippen molar-refractivity contribution in [3.63, 3.8) is 0 Å². The lowest BCUT2D eigenvalue weighted by Crippen LogP contribution is -2.31. The maximum Gasteiger partial charge on any atom is 0.340 e. The molecule has 1 aromatic rings. The van der Waals surface area contributed by atoms with E-state index in [4.69, 9.17) is 9.72 Å². The van der Waals surface area contributed by atoms with E-state index in [1.54, 1.807) is 6.92 Å². The minimum absolute atomic E-state index is 0.101. The van der Waals surface area contributed by atoms with E-state index < -0.39 is 0 Å². The van der Waals surface area contributed by atoms with Crippen LogP contribution in [0.3, 0.4) is 0 Å². The predicted molar refractivity (Wildman–Crippen MR) is 93.3 cm³/mol. The number of fused-ring (bicyclic) bond motifs is 1. The fourth-order valence-corrected chi connectivity index (χ4v) is 3.63. The predicted octanol–water partition coefficient (Wildman–Crippen LogP) is 4.32. The number of rotatable bonds is 4. The molecule has 4 heteroatoms. The van der Waals surface area contributed by atoms with E-state index in [0.29, 0.717) is 29.8 Å². The molecule has 0 aromatic carbocycles. The number of allylic oxidation sites excluding steroid dienone is 1. The Kier molecular flexibility index (Phi) is 4.10. The number of hydrogen-bond donors (Lipinski definition) is 0. The van der Waals surface area contributed by atoms with Crippen molar-refractivity contribution in [2.24, 2.45) is 5.41 Å². The first-order valence-electron chi connectivity index (χ1n) is 8.68. The number of nitrogens with zero attached hydrogens (tertiary/aromatic N) is 1. The molecule has 24 heavy (non-hydrogen) atoms. The van der Waals surface area contributed by atoms with Crippen LogP contribution in [0.25, 0.3) is 5.57 Å². The van der Waals surface area contributed by atoms with Crippen LogP contribution < -0.4 is 0 Å². The number of pyridine rings is 1. The van der Waals surface area contributed by atoms with Gasteiger partial charge in [-0.15, -0.1) is 0 Å². The van der Waals surface area contributed by atoms with E-state index in [2.05, 4.69) is 20.4 Å². The van der Waals surface area contributed by atoms with Gasteiger partial charge in [0.2, 0.25) is 0 Å². The lowest BCUT2D eigenvalue weighted by Gasteiger charge is -2.32. The second-order valence-corrected chi connectivity index (χ2v) is 7.79. The van der Waals surface area contributed by atoms with Crippen molar-refractivity contribution in [3.05, 3.63) is 34.7 Å². The van der Waals surface area contributed by atoms with Crippen molar-refractivity contribution in [2.45, 2.75) is 59.3 Å². The number of carbonyl (C=O) groups excluding carboxylic acids is 2. The summed E-state index contributed by atoms with van der Waals surface area (Å²) in [5, 5.41) is 0. The number of carbonyl (C=O) groups is 2. The van der Waals surface area contributed by atoms with Crippen LogP contribution in [0.5, 0.6) is 0 Å². The molecule has 1 fully saturated rings. The van der Waals surface area contributed by atoms with Crippen molar-refractivity contribution in [3.8, 4) is 0 Å². The Labute approximate surface area is 143 Å². The number of ketones is 1. The van der Waals surface area contributed by atoms with Gasteiger partial charge < -0.3 is 4.74 Å². The molecule has 0 unspecified atom stereocenters. The van der Waals surface area contributed by atoms with Gasteiger partial charge in [0.1, 0.15) is 0 Å². The summed E-state index contributed by atoms with van der Waals surface area (Å²) in [5.41, 5.74) is 4.08. The van der Waals surface area contributed by atoms with E-state index in [1.165, 1.54) is 0 Å². The lowest BCUT2D eigenvalue weighted by atomic mass is 9.73. The van der Waals surface area contributed by atoms with E-state index in [1.807, 2.05) is 6.92 Å². The molecule has 0 atom stereocenters. The molecule has 0 aliphatic heterocycles. The smallest absolute Gasteiger partial charge is 0.340 e. The summed E-state index contributed by atoms with van der Waals surface area (Å²) in [6.45, 7) is 12.1. The largest absolute Gasteiger partial charge is 0.462 e. The molecule has 1 aromatic heterocycles. The molecule has 1 heterocycles. The Morgan fingerprint density at radius 2 is 2.00 bits per heavy atom. The average molecular weight is 327 g/mol. The monoisotopic (exact) mass is 327 g/mol. The van der Waals surface area contributed by atoms with Crippen molar-refractivity contribution >= 4 is 17.3 Å². The van der Waals surface area contributed by atoms with Crippen LogP contribution in [0, 0.1) is 5.41 Å². The highest BCUT2D eigenvalue weighted by Gasteiger charge is 2.41. The van der Waals surface area contributed by atoms with Crippen LogP contribution in [-0.2, 0) is 11.2 Å². The third-order valence-corrected chi connectivity index (χ3v) is 4.74. The van der Waals surface area contributed by atoms with Crippen LogP contribution in [0.2, 0.25) is 0 Å². The summed E-state index contributed by atoms with van der Waals surface area (Å²) < 4.78 is 5.27. The Bertz CT molecular complexity index is 742. The Morgan fingerprint density at radius 3 is 2.54 bits per heavy atom. The van der Waals surface area contributed by atoms with Gasteiger partial charge in [0.15, 0.2) is 5.78 Å². The van der Waals surface area contributed by atoms with Crippen LogP contribution >= 0.6 is 0 Å². The molecular formula is C20H25NO3. The van der Waals surface area contributed by atoms with Crippen molar-refractivity contribution in [1.29, 1.82) is 0 Å². The zero-order chi connectivity index (χ0) is 17.6. The van der Waals surface area contributed by atoms with Gasteiger partial charge in [-0.1, -0.05) is 20.4 Å². The number of aromatic nitrogens is 1. The molecule has 0 saturated heterocycles. The maximum atomic E-state index is 12.9. The summed E-state index contributed by atoms with van der Waals surface area (Å²) in [6, 6.07) is 0. The summed E-state index contributed by atoms with van der Waals surface area (Å²) in [4.78, 5) is 30.2. The average Bonchev–Trinajstić information content (AvgIpc) is 3.28. The van der Waals surface area contributed by atoms with Crippen LogP contribution in [-0.4, -0.2) is 23.3 Å². The lowest BCUT2D eigenvalue weighted by molar-refractivity contribution is 0.0524. The molecule has 0 N–H and O–H groups in total. The highest BCUT2D eigenvalue weighted by molar-refractivity contribution is 6.05. The standard InChI is InChI=1S/C20H25NO3/c1-6-24-19(23)17-15(12-7-8-12)16-13(21-18(17)11(2)3)9-20(4,5)10-14(16)22/h12H,2,6-10H2,1,3-5H3. The summed E-state index contributed by atoms with van der Waals surface area (Å²) in [5.74, 6) is -0.00999.